The Balaban J connectivity index is 1.87. The van der Waals surface area contributed by atoms with E-state index in [1.54, 1.807) is 6.07 Å². The van der Waals surface area contributed by atoms with Crippen LogP contribution >= 0.6 is 10.0 Å². The SMILES string of the molecule is Cc1[nH]c2c(C(N)=O)ccc(N3CCC[C@H](NC(=O)C#CS(C)(C)C)C3)c2c1C. The van der Waals surface area contributed by atoms with Gasteiger partial charge in [-0.25, -0.2) is 0 Å². The normalized spacial score (nSPS) is 17.6. The van der Waals surface area contributed by atoms with Crippen molar-refractivity contribution in [1.82, 2.24) is 10.3 Å². The summed E-state index contributed by atoms with van der Waals surface area (Å²) in [6.07, 6.45) is 8.11. The molecule has 6 nitrogen and oxygen atoms in total. The molecule has 1 aromatic heterocycles. The van der Waals surface area contributed by atoms with E-state index >= 15 is 0 Å². The number of benzene rings is 1. The van der Waals surface area contributed by atoms with Crippen molar-refractivity contribution in [1.29, 1.82) is 0 Å². The molecule has 1 aliphatic rings. The van der Waals surface area contributed by atoms with Gasteiger partial charge in [0, 0.05) is 41.8 Å². The zero-order chi connectivity index (χ0) is 21.3. The third-order valence-corrected chi connectivity index (χ3v) is 5.98. The molecule has 29 heavy (non-hydrogen) atoms. The number of piperidine rings is 1. The Bertz CT molecular complexity index is 1020. The van der Waals surface area contributed by atoms with E-state index < -0.39 is 15.9 Å². The van der Waals surface area contributed by atoms with Crippen LogP contribution < -0.4 is 16.0 Å². The molecule has 2 heterocycles. The maximum Gasteiger partial charge on any atom is 0.296 e. The second kappa shape index (κ2) is 8.03. The number of aromatic nitrogens is 1. The second-order valence-corrected chi connectivity index (χ2v) is 12.3. The Hall–Kier alpha value is -2.59. The summed E-state index contributed by atoms with van der Waals surface area (Å²) in [6, 6.07) is 3.80. The predicted octanol–water partition coefficient (Wildman–Crippen LogP) is 2.62. The molecule has 0 spiro atoms. The smallest absolute Gasteiger partial charge is 0.296 e. The molecular formula is C22H30N4O2S. The number of fused-ring (bicyclic) bond motifs is 1. The molecule has 0 bridgehead atoms. The van der Waals surface area contributed by atoms with Crippen molar-refractivity contribution in [3.8, 4) is 11.2 Å². The molecule has 1 saturated heterocycles. The highest BCUT2D eigenvalue weighted by Gasteiger charge is 2.25. The molecule has 2 aromatic rings. The van der Waals surface area contributed by atoms with Crippen LogP contribution in [0.2, 0.25) is 0 Å². The Kier molecular flexibility index (Phi) is 5.85. The molecule has 1 aromatic carbocycles. The number of rotatable bonds is 3. The standard InChI is InChI=1S/C22H30N4O2S/c1-14-15(2)24-21-17(22(23)28)8-9-18(20(14)21)26-11-6-7-16(13-26)25-19(27)10-12-29(3,4)5/h8-9,16,24H,6-7,11,13H2,1-5H3,(H2,23,28)(H,25,27)/t16-/m0/s1. The van der Waals surface area contributed by atoms with Gasteiger partial charge < -0.3 is 20.9 Å². The topological polar surface area (TPSA) is 91.2 Å². The first-order valence-corrected chi connectivity index (χ1v) is 12.6. The molecule has 7 heteroatoms. The Morgan fingerprint density at radius 1 is 1.28 bits per heavy atom. The number of amides is 2. The van der Waals surface area contributed by atoms with Crippen molar-refractivity contribution < 1.29 is 9.59 Å². The summed E-state index contributed by atoms with van der Waals surface area (Å²) in [4.78, 5) is 29.7. The maximum atomic E-state index is 12.2. The molecule has 3 rings (SSSR count). The number of aryl methyl sites for hydroxylation is 2. The van der Waals surface area contributed by atoms with Crippen LogP contribution in [0.5, 0.6) is 0 Å². The van der Waals surface area contributed by atoms with E-state index in [0.717, 1.165) is 47.2 Å². The van der Waals surface area contributed by atoms with Gasteiger partial charge in [0.15, 0.2) is 0 Å². The van der Waals surface area contributed by atoms with Crippen molar-refractivity contribution in [3.63, 3.8) is 0 Å². The number of anilines is 1. The molecular weight excluding hydrogens is 384 g/mol. The molecule has 0 radical (unpaired) electrons. The largest absolute Gasteiger partial charge is 0.369 e. The van der Waals surface area contributed by atoms with E-state index in [1.165, 1.54) is 0 Å². The monoisotopic (exact) mass is 414 g/mol. The van der Waals surface area contributed by atoms with Gasteiger partial charge >= 0.3 is 0 Å². The summed E-state index contributed by atoms with van der Waals surface area (Å²) in [5, 5.41) is 7.16. The first kappa shape index (κ1) is 21.1. The molecule has 1 atom stereocenters. The number of H-pyrrole nitrogens is 1. The summed E-state index contributed by atoms with van der Waals surface area (Å²) in [5.74, 6) is 2.10. The van der Waals surface area contributed by atoms with Crippen LogP contribution in [0.4, 0.5) is 5.69 Å². The minimum absolute atomic E-state index is 0.0479. The van der Waals surface area contributed by atoms with Crippen LogP contribution in [0.3, 0.4) is 0 Å². The van der Waals surface area contributed by atoms with Crippen LogP contribution in [0.25, 0.3) is 10.9 Å². The number of hydrogen-bond donors (Lipinski definition) is 3. The highest BCUT2D eigenvalue weighted by Crippen LogP contribution is 2.35. The Morgan fingerprint density at radius 2 is 2.00 bits per heavy atom. The van der Waals surface area contributed by atoms with Crippen LogP contribution in [0.15, 0.2) is 12.1 Å². The molecule has 4 N–H and O–H groups in total. The summed E-state index contributed by atoms with van der Waals surface area (Å²) in [5.41, 5.74) is 10.1. The van der Waals surface area contributed by atoms with Gasteiger partial charge in [-0.1, -0.05) is 0 Å². The highest BCUT2D eigenvalue weighted by atomic mass is 32.3. The summed E-state index contributed by atoms with van der Waals surface area (Å²) < 4.78 is 0. The summed E-state index contributed by atoms with van der Waals surface area (Å²) >= 11 is 0. The van der Waals surface area contributed by atoms with Crippen LogP contribution in [0.1, 0.15) is 34.5 Å². The first-order chi connectivity index (χ1) is 13.6. The van der Waals surface area contributed by atoms with Gasteiger partial charge in [0.1, 0.15) is 0 Å². The third kappa shape index (κ3) is 4.70. The summed E-state index contributed by atoms with van der Waals surface area (Å²) in [6.45, 7) is 5.67. The maximum absolute atomic E-state index is 12.2. The molecule has 156 valence electrons. The number of carbonyl (C=O) groups is 2. The van der Waals surface area contributed by atoms with Crippen molar-refractivity contribution in [2.75, 3.05) is 36.8 Å². The fraction of sp³-hybridized carbons (Fsp3) is 0.455. The number of primary amides is 1. The van der Waals surface area contributed by atoms with E-state index in [1.807, 2.05) is 13.0 Å². The van der Waals surface area contributed by atoms with Crippen molar-refractivity contribution >= 4 is 38.4 Å². The van der Waals surface area contributed by atoms with E-state index in [4.69, 9.17) is 5.73 Å². The average Bonchev–Trinajstić information content (AvgIpc) is 2.94. The van der Waals surface area contributed by atoms with E-state index in [-0.39, 0.29) is 11.9 Å². The van der Waals surface area contributed by atoms with E-state index in [0.29, 0.717) is 12.1 Å². The van der Waals surface area contributed by atoms with Crippen molar-refractivity contribution in [3.05, 3.63) is 29.0 Å². The van der Waals surface area contributed by atoms with Gasteiger partial charge in [-0.05, 0) is 68.4 Å². The van der Waals surface area contributed by atoms with Crippen LogP contribution in [0, 0.1) is 25.0 Å². The van der Waals surface area contributed by atoms with Crippen molar-refractivity contribution in [2.45, 2.75) is 32.7 Å². The zero-order valence-electron chi connectivity index (χ0n) is 17.8. The number of hydrogen-bond acceptors (Lipinski definition) is 3. The van der Waals surface area contributed by atoms with Crippen LogP contribution in [-0.4, -0.2) is 54.7 Å². The predicted molar refractivity (Wildman–Crippen MR) is 123 cm³/mol. The first-order valence-electron chi connectivity index (χ1n) is 9.75. The lowest BCUT2D eigenvalue weighted by molar-refractivity contribution is -0.116. The van der Waals surface area contributed by atoms with Gasteiger partial charge in [0.25, 0.3) is 11.8 Å². The molecule has 0 aliphatic carbocycles. The number of nitrogens with zero attached hydrogens (tertiary/aromatic N) is 1. The Morgan fingerprint density at radius 3 is 2.66 bits per heavy atom. The summed E-state index contributed by atoms with van der Waals surface area (Å²) in [7, 11) is -1.03. The molecule has 1 aliphatic heterocycles. The van der Waals surface area contributed by atoms with E-state index in [9.17, 15) is 9.59 Å². The van der Waals surface area contributed by atoms with Gasteiger partial charge in [0.2, 0.25) is 0 Å². The molecule has 1 fully saturated rings. The van der Waals surface area contributed by atoms with Gasteiger partial charge in [0.05, 0.1) is 11.1 Å². The minimum Gasteiger partial charge on any atom is -0.369 e. The molecule has 0 saturated carbocycles. The molecule has 0 unspecified atom stereocenters. The van der Waals surface area contributed by atoms with Crippen LogP contribution in [-0.2, 0) is 4.79 Å². The number of carbonyl (C=O) groups excluding carboxylic acids is 2. The average molecular weight is 415 g/mol. The lowest BCUT2D eigenvalue weighted by Gasteiger charge is -2.35. The minimum atomic E-state index is -1.03. The number of aromatic amines is 1. The second-order valence-electron chi connectivity index (χ2n) is 8.44. The van der Waals surface area contributed by atoms with Gasteiger partial charge in [-0.15, -0.1) is 0 Å². The van der Waals surface area contributed by atoms with Crippen molar-refractivity contribution in [2.24, 2.45) is 5.73 Å². The highest BCUT2D eigenvalue weighted by molar-refractivity contribution is 8.36. The fourth-order valence-electron chi connectivity index (χ4n) is 3.77. The lowest BCUT2D eigenvalue weighted by atomic mass is 10.0. The van der Waals surface area contributed by atoms with Gasteiger partial charge in [-0.2, -0.15) is 10.0 Å². The van der Waals surface area contributed by atoms with E-state index in [2.05, 4.69) is 52.1 Å². The zero-order valence-corrected chi connectivity index (χ0v) is 18.6. The Labute approximate surface area is 173 Å². The number of nitrogens with one attached hydrogen (secondary N) is 2. The fourth-order valence-corrected chi connectivity index (χ4v) is 4.17. The molecule has 2 amide bonds. The third-order valence-electron chi connectivity index (χ3n) is 5.27. The quantitative estimate of drug-likeness (QED) is 0.674. The number of nitrogens with two attached hydrogens (primary N) is 1. The lowest BCUT2D eigenvalue weighted by Crippen LogP contribution is -2.47. The van der Waals surface area contributed by atoms with Gasteiger partial charge in [-0.3, -0.25) is 9.59 Å².